The number of fused-ring (bicyclic) bond motifs is 2. The Morgan fingerprint density at radius 3 is 2.80 bits per heavy atom. The molecular formula is C15H14FNO2S. The van der Waals surface area contributed by atoms with Gasteiger partial charge in [-0.3, -0.25) is 0 Å². The molecule has 3 nitrogen and oxygen atoms in total. The summed E-state index contributed by atoms with van der Waals surface area (Å²) in [5, 5.41) is 8.05. The molecule has 1 aromatic rings. The van der Waals surface area contributed by atoms with Gasteiger partial charge in [0.25, 0.3) is 0 Å². The van der Waals surface area contributed by atoms with Crippen molar-refractivity contribution in [1.82, 2.24) is 0 Å². The van der Waals surface area contributed by atoms with Crippen molar-refractivity contribution >= 4 is 9.84 Å². The van der Waals surface area contributed by atoms with E-state index in [0.717, 1.165) is 5.57 Å². The highest BCUT2D eigenvalue weighted by Crippen LogP contribution is 2.38. The predicted octanol–water partition coefficient (Wildman–Crippen LogP) is 2.52. The second-order valence-corrected chi connectivity index (χ2v) is 7.90. The number of rotatable bonds is 2. The Bertz CT molecular complexity index is 731. The standard InChI is InChI=1S/C15H14FNO2S/c16-15-8-10(9-17)1-2-12(15)5-11-6-13-3-4-14(7-11)20(13,18)19/h1-2,6,8,13-14H,3-5,7H2. The van der Waals surface area contributed by atoms with Crippen LogP contribution < -0.4 is 0 Å². The van der Waals surface area contributed by atoms with Gasteiger partial charge < -0.3 is 0 Å². The number of allylic oxidation sites excluding steroid dienone is 1. The largest absolute Gasteiger partial charge is 0.228 e. The first kappa shape index (κ1) is 13.3. The minimum Gasteiger partial charge on any atom is -0.228 e. The third-order valence-electron chi connectivity index (χ3n) is 4.17. The van der Waals surface area contributed by atoms with Crippen molar-refractivity contribution in [3.63, 3.8) is 0 Å². The molecule has 0 spiro atoms. The summed E-state index contributed by atoms with van der Waals surface area (Å²) >= 11 is 0. The van der Waals surface area contributed by atoms with Gasteiger partial charge in [-0.25, -0.2) is 12.8 Å². The lowest BCUT2D eigenvalue weighted by atomic mass is 9.99. The Balaban J connectivity index is 1.85. The van der Waals surface area contributed by atoms with E-state index in [2.05, 4.69) is 0 Å². The van der Waals surface area contributed by atoms with Crippen LogP contribution in [0.5, 0.6) is 0 Å². The van der Waals surface area contributed by atoms with Crippen molar-refractivity contribution in [1.29, 1.82) is 5.26 Å². The summed E-state index contributed by atoms with van der Waals surface area (Å²) in [6.07, 6.45) is 4.14. The lowest BCUT2D eigenvalue weighted by molar-refractivity contribution is 0.579. The smallest absolute Gasteiger partial charge is 0.159 e. The van der Waals surface area contributed by atoms with E-state index < -0.39 is 15.7 Å². The van der Waals surface area contributed by atoms with Crippen molar-refractivity contribution in [3.05, 3.63) is 46.8 Å². The molecule has 0 N–H and O–H groups in total. The van der Waals surface area contributed by atoms with E-state index in [1.807, 2.05) is 6.07 Å². The molecule has 1 saturated heterocycles. The third kappa shape index (κ3) is 2.14. The molecule has 2 unspecified atom stereocenters. The van der Waals surface area contributed by atoms with Crippen LogP contribution in [0.2, 0.25) is 0 Å². The van der Waals surface area contributed by atoms with Crippen LogP contribution >= 0.6 is 0 Å². The Labute approximate surface area is 117 Å². The molecule has 3 rings (SSSR count). The SMILES string of the molecule is N#Cc1ccc(CC2=CC3CCC(C2)S3(=O)=O)c(F)c1. The molecule has 0 aromatic heterocycles. The molecule has 5 heteroatoms. The molecule has 0 aliphatic carbocycles. The molecule has 2 atom stereocenters. The highest BCUT2D eigenvalue weighted by molar-refractivity contribution is 7.93. The molecule has 2 heterocycles. The lowest BCUT2D eigenvalue weighted by Crippen LogP contribution is -2.27. The summed E-state index contributed by atoms with van der Waals surface area (Å²) in [5.74, 6) is -0.397. The van der Waals surface area contributed by atoms with Gasteiger partial charge in [0.1, 0.15) is 5.82 Å². The van der Waals surface area contributed by atoms with Gasteiger partial charge in [-0.1, -0.05) is 17.7 Å². The molecule has 1 fully saturated rings. The second-order valence-electron chi connectivity index (χ2n) is 5.45. The number of sulfone groups is 1. The number of nitriles is 1. The molecule has 1 aromatic carbocycles. The van der Waals surface area contributed by atoms with E-state index >= 15 is 0 Å². The van der Waals surface area contributed by atoms with Crippen LogP contribution in [0.3, 0.4) is 0 Å². The zero-order valence-corrected chi connectivity index (χ0v) is 11.7. The van der Waals surface area contributed by atoms with Gasteiger partial charge in [0.2, 0.25) is 0 Å². The van der Waals surface area contributed by atoms with Gasteiger partial charge >= 0.3 is 0 Å². The van der Waals surface area contributed by atoms with Crippen LogP contribution in [0, 0.1) is 17.1 Å². The van der Waals surface area contributed by atoms with Crippen LogP contribution in [0.1, 0.15) is 30.4 Å². The van der Waals surface area contributed by atoms with Gasteiger partial charge in [-0.2, -0.15) is 5.26 Å². The maximum Gasteiger partial charge on any atom is 0.159 e. The number of hydrogen-bond donors (Lipinski definition) is 0. The maximum atomic E-state index is 13.9. The lowest BCUT2D eigenvalue weighted by Gasteiger charge is -2.20. The number of benzene rings is 1. The monoisotopic (exact) mass is 291 g/mol. The molecule has 0 radical (unpaired) electrons. The molecule has 2 aliphatic heterocycles. The Morgan fingerprint density at radius 1 is 1.35 bits per heavy atom. The van der Waals surface area contributed by atoms with Crippen molar-refractivity contribution < 1.29 is 12.8 Å². The minimum atomic E-state index is -2.99. The zero-order valence-electron chi connectivity index (χ0n) is 10.8. The summed E-state index contributed by atoms with van der Waals surface area (Å²) < 4.78 is 37.8. The van der Waals surface area contributed by atoms with Crippen molar-refractivity contribution in [3.8, 4) is 6.07 Å². The normalized spacial score (nSPS) is 26.9. The summed E-state index contributed by atoms with van der Waals surface area (Å²) in [6.45, 7) is 0. The summed E-state index contributed by atoms with van der Waals surface area (Å²) in [6, 6.07) is 6.33. The fourth-order valence-corrected chi connectivity index (χ4v) is 5.33. The van der Waals surface area contributed by atoms with Crippen LogP contribution in [0.15, 0.2) is 29.8 Å². The predicted molar refractivity (Wildman–Crippen MR) is 73.2 cm³/mol. The number of halogens is 1. The molecule has 0 amide bonds. The molecule has 0 saturated carbocycles. The average molecular weight is 291 g/mol. The summed E-state index contributed by atoms with van der Waals surface area (Å²) in [4.78, 5) is 0. The van der Waals surface area contributed by atoms with Gasteiger partial charge in [0.05, 0.1) is 22.1 Å². The van der Waals surface area contributed by atoms with Crippen molar-refractivity contribution in [2.24, 2.45) is 0 Å². The first-order chi connectivity index (χ1) is 9.50. The van der Waals surface area contributed by atoms with E-state index in [0.29, 0.717) is 36.8 Å². The van der Waals surface area contributed by atoms with Crippen LogP contribution in [0.4, 0.5) is 4.39 Å². The van der Waals surface area contributed by atoms with Crippen LogP contribution in [0.25, 0.3) is 0 Å². The summed E-state index contributed by atoms with van der Waals surface area (Å²) in [5.41, 5.74) is 1.82. The van der Waals surface area contributed by atoms with Crippen LogP contribution in [-0.4, -0.2) is 18.9 Å². The minimum absolute atomic E-state index is 0.283. The highest BCUT2D eigenvalue weighted by Gasteiger charge is 2.42. The van der Waals surface area contributed by atoms with Gasteiger partial charge in [0, 0.05) is 0 Å². The van der Waals surface area contributed by atoms with Crippen molar-refractivity contribution in [2.45, 2.75) is 36.2 Å². The fourth-order valence-electron chi connectivity index (χ4n) is 3.08. The highest BCUT2D eigenvalue weighted by atomic mass is 32.2. The van der Waals surface area contributed by atoms with E-state index in [1.165, 1.54) is 6.07 Å². The van der Waals surface area contributed by atoms with Gasteiger partial charge in [-0.05, 0) is 43.4 Å². The van der Waals surface area contributed by atoms with Crippen molar-refractivity contribution in [2.75, 3.05) is 0 Å². The van der Waals surface area contributed by atoms with Gasteiger partial charge in [0.15, 0.2) is 9.84 Å². The Hall–Kier alpha value is -1.67. The zero-order chi connectivity index (χ0) is 14.3. The topological polar surface area (TPSA) is 57.9 Å². The second kappa shape index (κ2) is 4.71. The first-order valence-corrected chi connectivity index (χ1v) is 8.22. The van der Waals surface area contributed by atoms with E-state index in [1.54, 1.807) is 18.2 Å². The number of nitrogens with zero attached hydrogens (tertiary/aromatic N) is 1. The Morgan fingerprint density at radius 2 is 2.15 bits per heavy atom. The maximum absolute atomic E-state index is 13.9. The van der Waals surface area contributed by atoms with Crippen LogP contribution in [-0.2, 0) is 16.3 Å². The average Bonchev–Trinajstić information content (AvgIpc) is 2.61. The summed E-state index contributed by atoms with van der Waals surface area (Å²) in [7, 11) is -2.99. The quantitative estimate of drug-likeness (QED) is 0.787. The first-order valence-electron chi connectivity index (χ1n) is 6.61. The number of hydrogen-bond acceptors (Lipinski definition) is 3. The molecule has 2 aliphatic rings. The van der Waals surface area contributed by atoms with Gasteiger partial charge in [-0.15, -0.1) is 0 Å². The molecular weight excluding hydrogens is 277 g/mol. The third-order valence-corrected chi connectivity index (χ3v) is 6.72. The van der Waals surface area contributed by atoms with E-state index in [9.17, 15) is 12.8 Å². The fraction of sp³-hybridized carbons (Fsp3) is 0.400. The Kier molecular flexibility index (Phi) is 3.14. The van der Waals surface area contributed by atoms with E-state index in [-0.39, 0.29) is 10.5 Å². The molecule has 20 heavy (non-hydrogen) atoms. The van der Waals surface area contributed by atoms with E-state index in [4.69, 9.17) is 5.26 Å². The molecule has 104 valence electrons. The molecule has 2 bridgehead atoms.